The van der Waals surface area contributed by atoms with Gasteiger partial charge in [-0.1, -0.05) is 24.3 Å². The van der Waals surface area contributed by atoms with Crippen LogP contribution in [0.2, 0.25) is 0 Å². The third-order valence-electron chi connectivity index (χ3n) is 4.51. The molecule has 0 heterocycles. The van der Waals surface area contributed by atoms with Crippen molar-refractivity contribution in [1.29, 1.82) is 0 Å². The number of rotatable bonds is 1. The smallest absolute Gasteiger partial charge is 0.168 e. The van der Waals surface area contributed by atoms with E-state index in [4.69, 9.17) is 4.74 Å². The number of methoxy groups -OCH3 is 1. The van der Waals surface area contributed by atoms with Crippen molar-refractivity contribution in [1.82, 2.24) is 0 Å². The molecule has 0 aliphatic heterocycles. The van der Waals surface area contributed by atoms with E-state index < -0.39 is 0 Å². The normalized spacial score (nSPS) is 18.9. The Labute approximate surface area is 112 Å². The van der Waals surface area contributed by atoms with Gasteiger partial charge in [-0.3, -0.25) is 0 Å². The van der Waals surface area contributed by atoms with Crippen LogP contribution in [0.25, 0.3) is 11.1 Å². The third kappa shape index (κ3) is 1.37. The Hall–Kier alpha value is -1.96. The highest BCUT2D eigenvalue weighted by Gasteiger charge is 2.34. The number of aryl methyl sites for hydroxylation is 1. The first kappa shape index (κ1) is 10.9. The Bertz CT molecular complexity index is 673. The Kier molecular flexibility index (Phi) is 2.16. The molecule has 1 N–H and O–H groups in total. The fraction of sp³-hybridized carbons (Fsp3) is 0.294. The monoisotopic (exact) mass is 252 g/mol. The molecule has 2 aliphatic rings. The predicted octanol–water partition coefficient (Wildman–Crippen LogP) is 3.65. The van der Waals surface area contributed by atoms with Gasteiger partial charge in [-0.15, -0.1) is 0 Å². The Morgan fingerprint density at radius 1 is 1.21 bits per heavy atom. The second-order valence-corrected chi connectivity index (χ2v) is 5.47. The maximum atomic E-state index is 10.2. The highest BCUT2D eigenvalue weighted by molar-refractivity contribution is 5.83. The van der Waals surface area contributed by atoms with Crippen molar-refractivity contribution in [2.45, 2.75) is 25.2 Å². The summed E-state index contributed by atoms with van der Waals surface area (Å²) < 4.78 is 5.48. The standard InChI is InChI=1S/C17H16O2/c1-19-17-14(18)9-12-7-6-11-8-10-4-2-3-5-13(10)16(17)15(11)12/h2-5,9,11,18H,6-8H2,1H3/t11-/m0/s1. The molecule has 0 spiro atoms. The zero-order chi connectivity index (χ0) is 13.0. The molecule has 2 aromatic rings. The van der Waals surface area contributed by atoms with Crippen LogP contribution in [0, 0.1) is 0 Å². The lowest BCUT2D eigenvalue weighted by Crippen LogP contribution is -2.09. The van der Waals surface area contributed by atoms with Crippen molar-refractivity contribution in [3.63, 3.8) is 0 Å². The number of hydrogen-bond acceptors (Lipinski definition) is 2. The first-order valence-electron chi connectivity index (χ1n) is 6.80. The predicted molar refractivity (Wildman–Crippen MR) is 74.9 cm³/mol. The van der Waals surface area contributed by atoms with Crippen LogP contribution in [0.3, 0.4) is 0 Å². The maximum absolute atomic E-state index is 10.2. The van der Waals surface area contributed by atoms with Crippen molar-refractivity contribution in [2.75, 3.05) is 7.11 Å². The van der Waals surface area contributed by atoms with Crippen LogP contribution in [-0.4, -0.2) is 12.2 Å². The lowest BCUT2D eigenvalue weighted by Gasteiger charge is -2.26. The SMILES string of the molecule is COc1c(O)cc2c3c1-c1ccccc1C[C@@H]3CC2. The van der Waals surface area contributed by atoms with Crippen LogP contribution in [0.15, 0.2) is 30.3 Å². The van der Waals surface area contributed by atoms with Gasteiger partial charge < -0.3 is 9.84 Å². The van der Waals surface area contributed by atoms with Crippen molar-refractivity contribution >= 4 is 0 Å². The minimum absolute atomic E-state index is 0.272. The Morgan fingerprint density at radius 3 is 2.89 bits per heavy atom. The Balaban J connectivity index is 2.11. The molecule has 2 nitrogen and oxygen atoms in total. The minimum atomic E-state index is 0.272. The highest BCUT2D eigenvalue weighted by atomic mass is 16.5. The van der Waals surface area contributed by atoms with Gasteiger partial charge in [-0.05, 0) is 53.5 Å². The summed E-state index contributed by atoms with van der Waals surface area (Å²) in [6.07, 6.45) is 3.37. The summed E-state index contributed by atoms with van der Waals surface area (Å²) >= 11 is 0. The molecule has 2 aromatic carbocycles. The second kappa shape index (κ2) is 3.77. The molecule has 0 amide bonds. The van der Waals surface area contributed by atoms with E-state index >= 15 is 0 Å². The molecule has 2 aliphatic carbocycles. The average Bonchev–Trinajstić information content (AvgIpc) is 2.82. The number of benzene rings is 2. The lowest BCUT2D eigenvalue weighted by atomic mass is 9.79. The number of phenols is 1. The van der Waals surface area contributed by atoms with Gasteiger partial charge in [-0.25, -0.2) is 0 Å². The summed E-state index contributed by atoms with van der Waals surface area (Å²) in [7, 11) is 1.64. The van der Waals surface area contributed by atoms with Crippen molar-refractivity contribution in [2.24, 2.45) is 0 Å². The van der Waals surface area contributed by atoms with Gasteiger partial charge in [0.2, 0.25) is 0 Å². The quantitative estimate of drug-likeness (QED) is 0.839. The molecule has 0 radical (unpaired) electrons. The number of ether oxygens (including phenoxy) is 1. The molecule has 2 heteroatoms. The van der Waals surface area contributed by atoms with Gasteiger partial charge in [0.25, 0.3) is 0 Å². The van der Waals surface area contributed by atoms with E-state index in [2.05, 4.69) is 24.3 Å². The van der Waals surface area contributed by atoms with Gasteiger partial charge in [0.05, 0.1) is 7.11 Å². The van der Waals surface area contributed by atoms with Crippen molar-refractivity contribution in [3.8, 4) is 22.6 Å². The van der Waals surface area contributed by atoms with Gasteiger partial charge in [0, 0.05) is 5.56 Å². The number of hydrogen-bond donors (Lipinski definition) is 1. The molecular formula is C17H16O2. The summed E-state index contributed by atoms with van der Waals surface area (Å²) in [5.74, 6) is 1.50. The van der Waals surface area contributed by atoms with Crippen LogP contribution in [0.5, 0.6) is 11.5 Å². The van der Waals surface area contributed by atoms with Gasteiger partial charge >= 0.3 is 0 Å². The van der Waals surface area contributed by atoms with E-state index in [-0.39, 0.29) is 5.75 Å². The summed E-state index contributed by atoms with van der Waals surface area (Å²) in [6.45, 7) is 0. The number of fused-ring (bicyclic) bond motifs is 2. The maximum Gasteiger partial charge on any atom is 0.168 e. The Morgan fingerprint density at radius 2 is 2.05 bits per heavy atom. The van der Waals surface area contributed by atoms with Crippen LogP contribution < -0.4 is 4.74 Å². The molecule has 0 aromatic heterocycles. The molecule has 4 rings (SSSR count). The van der Waals surface area contributed by atoms with Crippen LogP contribution >= 0.6 is 0 Å². The fourth-order valence-corrected chi connectivity index (χ4v) is 3.75. The molecule has 96 valence electrons. The van der Waals surface area contributed by atoms with Gasteiger partial charge in [0.15, 0.2) is 11.5 Å². The van der Waals surface area contributed by atoms with E-state index in [9.17, 15) is 5.11 Å². The zero-order valence-electron chi connectivity index (χ0n) is 10.9. The van der Waals surface area contributed by atoms with Crippen molar-refractivity contribution in [3.05, 3.63) is 47.0 Å². The average molecular weight is 252 g/mol. The van der Waals surface area contributed by atoms with E-state index in [0.29, 0.717) is 11.7 Å². The molecule has 19 heavy (non-hydrogen) atoms. The first-order valence-corrected chi connectivity index (χ1v) is 6.80. The van der Waals surface area contributed by atoms with Gasteiger partial charge in [0.1, 0.15) is 0 Å². The summed E-state index contributed by atoms with van der Waals surface area (Å²) in [5, 5.41) is 10.2. The topological polar surface area (TPSA) is 29.5 Å². The number of phenolic OH excluding ortho intramolecular Hbond substituents is 1. The summed E-state index contributed by atoms with van der Waals surface area (Å²) in [6, 6.07) is 10.4. The van der Waals surface area contributed by atoms with Crippen LogP contribution in [0.4, 0.5) is 0 Å². The number of aromatic hydroxyl groups is 1. The van der Waals surface area contributed by atoms with Crippen molar-refractivity contribution < 1.29 is 9.84 Å². The van der Waals surface area contributed by atoms with Crippen LogP contribution in [0.1, 0.15) is 29.0 Å². The minimum Gasteiger partial charge on any atom is -0.504 e. The fourth-order valence-electron chi connectivity index (χ4n) is 3.75. The molecule has 0 saturated carbocycles. The van der Waals surface area contributed by atoms with Crippen LogP contribution in [-0.2, 0) is 12.8 Å². The molecule has 1 atom stereocenters. The highest BCUT2D eigenvalue weighted by Crippen LogP contribution is 2.53. The van der Waals surface area contributed by atoms with E-state index in [0.717, 1.165) is 18.4 Å². The van der Waals surface area contributed by atoms with E-state index in [1.54, 1.807) is 7.11 Å². The van der Waals surface area contributed by atoms with Gasteiger partial charge in [-0.2, -0.15) is 0 Å². The molecule has 0 fully saturated rings. The van der Waals surface area contributed by atoms with E-state index in [1.165, 1.54) is 28.7 Å². The molecule has 0 saturated heterocycles. The summed E-state index contributed by atoms with van der Waals surface area (Å²) in [4.78, 5) is 0. The molecule has 0 unspecified atom stereocenters. The second-order valence-electron chi connectivity index (χ2n) is 5.47. The molecule has 0 bridgehead atoms. The summed E-state index contributed by atoms with van der Waals surface area (Å²) in [5.41, 5.74) is 6.43. The lowest BCUT2D eigenvalue weighted by molar-refractivity contribution is 0.374. The zero-order valence-corrected chi connectivity index (χ0v) is 10.9. The largest absolute Gasteiger partial charge is 0.504 e. The first-order chi connectivity index (χ1) is 9.29. The third-order valence-corrected chi connectivity index (χ3v) is 4.51. The van der Waals surface area contributed by atoms with E-state index in [1.807, 2.05) is 6.07 Å². The molecular weight excluding hydrogens is 236 g/mol.